The van der Waals surface area contributed by atoms with E-state index < -0.39 is 5.97 Å². The SMILES string of the molecule is O=C(OCc1csc(-c2ccccc2)n1)C1=NN(c2ccccc2)C(=O)CC1. The van der Waals surface area contributed by atoms with Crippen LogP contribution in [0.25, 0.3) is 10.6 Å². The predicted molar refractivity (Wildman–Crippen MR) is 108 cm³/mol. The molecule has 2 aromatic carbocycles. The van der Waals surface area contributed by atoms with E-state index >= 15 is 0 Å². The van der Waals surface area contributed by atoms with Crippen LogP contribution in [-0.4, -0.2) is 22.6 Å². The van der Waals surface area contributed by atoms with E-state index in [1.54, 1.807) is 12.1 Å². The van der Waals surface area contributed by atoms with E-state index in [0.29, 0.717) is 11.4 Å². The molecular formula is C21H17N3O3S. The Morgan fingerprint density at radius 3 is 2.50 bits per heavy atom. The molecule has 0 bridgehead atoms. The molecule has 6 nitrogen and oxygen atoms in total. The summed E-state index contributed by atoms with van der Waals surface area (Å²) in [5.74, 6) is -0.669. The van der Waals surface area contributed by atoms with E-state index in [9.17, 15) is 9.59 Å². The minimum absolute atomic E-state index is 0.0699. The fraction of sp³-hybridized carbons (Fsp3) is 0.143. The number of hydrogen-bond acceptors (Lipinski definition) is 6. The zero-order valence-corrected chi connectivity index (χ0v) is 15.8. The number of amides is 1. The fourth-order valence-electron chi connectivity index (χ4n) is 2.78. The zero-order valence-electron chi connectivity index (χ0n) is 14.9. The molecular weight excluding hydrogens is 374 g/mol. The Kier molecular flexibility index (Phi) is 5.25. The van der Waals surface area contributed by atoms with Crippen LogP contribution in [0.1, 0.15) is 18.5 Å². The van der Waals surface area contributed by atoms with Gasteiger partial charge in [0, 0.05) is 23.8 Å². The molecule has 0 saturated heterocycles. The van der Waals surface area contributed by atoms with Crippen LogP contribution in [0.5, 0.6) is 0 Å². The first-order chi connectivity index (χ1) is 13.7. The molecule has 2 heterocycles. The summed E-state index contributed by atoms with van der Waals surface area (Å²) in [6, 6.07) is 18.9. The van der Waals surface area contributed by atoms with Crippen LogP contribution in [0.4, 0.5) is 5.69 Å². The normalized spacial score (nSPS) is 13.9. The lowest BCUT2D eigenvalue weighted by atomic mass is 10.1. The third-order valence-electron chi connectivity index (χ3n) is 4.19. The second-order valence-corrected chi connectivity index (χ2v) is 7.03. The smallest absolute Gasteiger partial charge is 0.354 e. The van der Waals surface area contributed by atoms with Crippen LogP contribution < -0.4 is 5.01 Å². The van der Waals surface area contributed by atoms with E-state index in [1.807, 2.05) is 53.9 Å². The number of rotatable bonds is 5. The van der Waals surface area contributed by atoms with Gasteiger partial charge in [-0.25, -0.2) is 14.8 Å². The number of hydrazone groups is 1. The Morgan fingerprint density at radius 1 is 1.04 bits per heavy atom. The van der Waals surface area contributed by atoms with Gasteiger partial charge in [0.15, 0.2) is 0 Å². The minimum atomic E-state index is -0.525. The zero-order chi connectivity index (χ0) is 19.3. The summed E-state index contributed by atoms with van der Waals surface area (Å²) < 4.78 is 5.37. The highest BCUT2D eigenvalue weighted by Gasteiger charge is 2.26. The van der Waals surface area contributed by atoms with Gasteiger partial charge in [-0.1, -0.05) is 48.5 Å². The first-order valence-corrected chi connectivity index (χ1v) is 9.71. The molecule has 0 aliphatic carbocycles. The first kappa shape index (κ1) is 18.1. The van der Waals surface area contributed by atoms with Crippen molar-refractivity contribution in [2.24, 2.45) is 5.10 Å². The molecule has 0 saturated carbocycles. The molecule has 1 aliphatic heterocycles. The average Bonchev–Trinajstić information content (AvgIpc) is 3.23. The molecule has 28 heavy (non-hydrogen) atoms. The van der Waals surface area contributed by atoms with Gasteiger partial charge in [0.1, 0.15) is 17.3 Å². The molecule has 7 heteroatoms. The van der Waals surface area contributed by atoms with Crippen LogP contribution in [0.2, 0.25) is 0 Å². The highest BCUT2D eigenvalue weighted by Crippen LogP contribution is 2.24. The van der Waals surface area contributed by atoms with Crippen molar-refractivity contribution in [2.45, 2.75) is 19.4 Å². The quantitative estimate of drug-likeness (QED) is 0.616. The summed E-state index contributed by atoms with van der Waals surface area (Å²) in [5.41, 5.74) is 2.58. The molecule has 140 valence electrons. The summed E-state index contributed by atoms with van der Waals surface area (Å²) in [6.45, 7) is 0.0699. The van der Waals surface area contributed by atoms with Gasteiger partial charge in [0.05, 0.1) is 11.4 Å². The van der Waals surface area contributed by atoms with Gasteiger partial charge in [-0.2, -0.15) is 5.10 Å². The van der Waals surface area contributed by atoms with Crippen LogP contribution in [0.15, 0.2) is 71.1 Å². The van der Waals surface area contributed by atoms with Gasteiger partial charge < -0.3 is 4.74 Å². The Hall–Kier alpha value is -3.32. The van der Waals surface area contributed by atoms with Crippen LogP contribution in [0.3, 0.4) is 0 Å². The first-order valence-electron chi connectivity index (χ1n) is 8.83. The second-order valence-electron chi connectivity index (χ2n) is 6.17. The highest BCUT2D eigenvalue weighted by molar-refractivity contribution is 7.13. The number of benzene rings is 2. The van der Waals surface area contributed by atoms with Gasteiger partial charge in [-0.05, 0) is 12.1 Å². The lowest BCUT2D eigenvalue weighted by molar-refractivity contribution is -0.137. The number of thiazole rings is 1. The van der Waals surface area contributed by atoms with Crippen molar-refractivity contribution in [1.82, 2.24) is 4.98 Å². The van der Waals surface area contributed by atoms with Gasteiger partial charge in [0.2, 0.25) is 5.91 Å². The third-order valence-corrected chi connectivity index (χ3v) is 5.13. The molecule has 4 rings (SSSR count). The molecule has 0 radical (unpaired) electrons. The third kappa shape index (κ3) is 3.99. The van der Waals surface area contributed by atoms with E-state index in [-0.39, 0.29) is 31.1 Å². The van der Waals surface area contributed by atoms with Crippen molar-refractivity contribution in [3.63, 3.8) is 0 Å². The van der Waals surface area contributed by atoms with Crippen molar-refractivity contribution >= 4 is 34.6 Å². The molecule has 0 fully saturated rings. The van der Waals surface area contributed by atoms with Crippen molar-refractivity contribution in [3.05, 3.63) is 71.7 Å². The van der Waals surface area contributed by atoms with Gasteiger partial charge >= 0.3 is 5.97 Å². The number of carbonyl (C=O) groups is 2. The van der Waals surface area contributed by atoms with E-state index in [0.717, 1.165) is 10.6 Å². The fourth-order valence-corrected chi connectivity index (χ4v) is 3.59. The maximum atomic E-state index is 12.4. The number of aromatic nitrogens is 1. The van der Waals surface area contributed by atoms with E-state index in [2.05, 4.69) is 10.1 Å². The van der Waals surface area contributed by atoms with Crippen LogP contribution in [-0.2, 0) is 20.9 Å². The molecule has 3 aromatic rings. The number of hydrogen-bond donors (Lipinski definition) is 0. The largest absolute Gasteiger partial charge is 0.455 e. The average molecular weight is 391 g/mol. The van der Waals surface area contributed by atoms with Crippen LogP contribution in [0, 0.1) is 0 Å². The standard InChI is InChI=1S/C21H17N3O3S/c25-19-12-11-18(23-24(19)17-9-5-2-6-10-17)21(26)27-13-16-14-28-20(22-16)15-7-3-1-4-8-15/h1-10,14H,11-13H2. The van der Waals surface area contributed by atoms with E-state index in [1.165, 1.54) is 16.3 Å². The van der Waals surface area contributed by atoms with Gasteiger partial charge in [0.25, 0.3) is 0 Å². The molecule has 0 spiro atoms. The van der Waals surface area contributed by atoms with Crippen molar-refractivity contribution < 1.29 is 14.3 Å². The number of carbonyl (C=O) groups excluding carboxylic acids is 2. The highest BCUT2D eigenvalue weighted by atomic mass is 32.1. The molecule has 0 N–H and O–H groups in total. The Labute approximate surface area is 166 Å². The molecule has 1 amide bonds. The molecule has 0 unspecified atom stereocenters. The van der Waals surface area contributed by atoms with Crippen molar-refractivity contribution in [2.75, 3.05) is 5.01 Å². The molecule has 1 aromatic heterocycles. The predicted octanol–water partition coefficient (Wildman–Crippen LogP) is 4.04. The van der Waals surface area contributed by atoms with Crippen molar-refractivity contribution in [3.8, 4) is 10.6 Å². The Bertz CT molecular complexity index is 1020. The number of esters is 1. The lowest BCUT2D eigenvalue weighted by Crippen LogP contribution is -2.34. The maximum Gasteiger partial charge on any atom is 0.354 e. The number of nitrogens with zero attached hydrogens (tertiary/aromatic N) is 3. The molecule has 0 atom stereocenters. The summed E-state index contributed by atoms with van der Waals surface area (Å²) in [4.78, 5) is 29.1. The topological polar surface area (TPSA) is 71.9 Å². The summed E-state index contributed by atoms with van der Waals surface area (Å²) >= 11 is 1.50. The van der Waals surface area contributed by atoms with Crippen LogP contribution >= 0.6 is 11.3 Å². The number of para-hydroxylation sites is 1. The summed E-state index contributed by atoms with van der Waals surface area (Å²) in [6.07, 6.45) is 0.491. The van der Waals surface area contributed by atoms with E-state index in [4.69, 9.17) is 4.74 Å². The van der Waals surface area contributed by atoms with Gasteiger partial charge in [-0.15, -0.1) is 11.3 Å². The Morgan fingerprint density at radius 2 is 1.75 bits per heavy atom. The number of ether oxygens (including phenoxy) is 1. The summed E-state index contributed by atoms with van der Waals surface area (Å²) in [7, 11) is 0. The maximum absolute atomic E-state index is 12.4. The summed E-state index contributed by atoms with van der Waals surface area (Å²) in [5, 5.41) is 8.22. The minimum Gasteiger partial charge on any atom is -0.455 e. The number of anilines is 1. The van der Waals surface area contributed by atoms with Crippen molar-refractivity contribution in [1.29, 1.82) is 0 Å². The van der Waals surface area contributed by atoms with Gasteiger partial charge in [-0.3, -0.25) is 4.79 Å². The second kappa shape index (κ2) is 8.14. The Balaban J connectivity index is 1.42. The monoisotopic (exact) mass is 391 g/mol. The molecule has 1 aliphatic rings. The lowest BCUT2D eigenvalue weighted by Gasteiger charge is -2.22.